The first-order valence-electron chi connectivity index (χ1n) is 24.6. The summed E-state index contributed by atoms with van der Waals surface area (Å²) < 4.78 is 53.7. The smallest absolute Gasteiger partial charge is 0.101 e. The molecule has 9 aliphatic rings. The molecule has 1 N–H and O–H groups in total. The van der Waals surface area contributed by atoms with Crippen LogP contribution in [0.1, 0.15) is 147 Å². The predicted octanol–water partition coefficient (Wildman–Crippen LogP) is 9.68. The maximum Gasteiger partial charge on any atom is 0.101 e. The number of hydrogen-bond acceptors (Lipinski definition) is 10. The third-order valence-electron chi connectivity index (χ3n) is 17.0. The normalized spacial score (nSPS) is 47.8. The van der Waals surface area contributed by atoms with E-state index in [1.165, 1.54) is 62.5 Å². The summed E-state index contributed by atoms with van der Waals surface area (Å²) in [5.41, 5.74) is 2.46. The standard InChI is InChI=1S/2C17H30O3.C17H26O3.CH4O/c3*1-11(2)6-7-13-16(4,20-13)15-14(18-5)12(3)8-9-17(15)10-19-17;1-2/h2*11-15H,6-10H2,1-5H3;6,13-15H,3,7-10H2,1-2,4-5H3;2H,1H3/t2*12?,13-,14-,15-,16+,17+;13-,14-,15-,16+,17+;/m111./s1. The summed E-state index contributed by atoms with van der Waals surface area (Å²) in [6, 6.07) is 0. The Morgan fingerprint density at radius 3 is 1.40 bits per heavy atom. The lowest BCUT2D eigenvalue weighted by Gasteiger charge is -2.42. The molecule has 6 saturated heterocycles. The van der Waals surface area contributed by atoms with Crippen LogP contribution in [0.5, 0.6) is 0 Å². The van der Waals surface area contributed by atoms with Gasteiger partial charge in [0.2, 0.25) is 0 Å². The van der Waals surface area contributed by atoms with Crippen molar-refractivity contribution in [2.75, 3.05) is 48.3 Å². The highest BCUT2D eigenvalue weighted by molar-refractivity contribution is 5.27. The first-order valence-corrected chi connectivity index (χ1v) is 24.6. The molecule has 10 heteroatoms. The van der Waals surface area contributed by atoms with Crippen molar-refractivity contribution >= 4 is 0 Å². The van der Waals surface area contributed by atoms with Gasteiger partial charge in [0.15, 0.2) is 0 Å². The molecular weight excluding hydrogens is 785 g/mol. The van der Waals surface area contributed by atoms with Gasteiger partial charge in [0.1, 0.15) is 22.4 Å². The van der Waals surface area contributed by atoms with Crippen LogP contribution < -0.4 is 0 Å². The molecule has 0 bridgehead atoms. The Kier molecular flexibility index (Phi) is 15.8. The lowest BCUT2D eigenvalue weighted by molar-refractivity contribution is -0.0778. The van der Waals surface area contributed by atoms with Crippen LogP contribution in [0.15, 0.2) is 23.8 Å². The number of rotatable bonds is 14. The molecule has 62 heavy (non-hydrogen) atoms. The molecule has 10 nitrogen and oxygen atoms in total. The van der Waals surface area contributed by atoms with Crippen LogP contribution in [-0.2, 0) is 42.6 Å². The van der Waals surface area contributed by atoms with E-state index in [0.29, 0.717) is 35.9 Å². The van der Waals surface area contributed by atoms with Crippen LogP contribution in [0.2, 0.25) is 0 Å². The first kappa shape index (κ1) is 50.5. The Morgan fingerprint density at radius 1 is 0.661 bits per heavy atom. The molecule has 3 spiro atoms. The number of epoxide rings is 6. The second kappa shape index (κ2) is 19.4. The van der Waals surface area contributed by atoms with Gasteiger partial charge in [-0.3, -0.25) is 0 Å². The molecule has 3 aliphatic carbocycles. The summed E-state index contributed by atoms with van der Waals surface area (Å²) in [7, 11) is 6.48. The van der Waals surface area contributed by atoms with Gasteiger partial charge in [-0.1, -0.05) is 59.8 Å². The highest BCUT2D eigenvalue weighted by atomic mass is 16.6. The van der Waals surface area contributed by atoms with Crippen LogP contribution in [0.4, 0.5) is 0 Å². The van der Waals surface area contributed by atoms with Crippen molar-refractivity contribution in [1.29, 1.82) is 0 Å². The van der Waals surface area contributed by atoms with Gasteiger partial charge in [-0.2, -0.15) is 0 Å². The van der Waals surface area contributed by atoms with E-state index in [1.807, 2.05) is 14.2 Å². The van der Waals surface area contributed by atoms with Crippen LogP contribution in [0, 0.1) is 41.4 Å². The van der Waals surface area contributed by atoms with E-state index in [1.54, 1.807) is 7.11 Å². The Morgan fingerprint density at radius 2 is 1.05 bits per heavy atom. The summed E-state index contributed by atoms with van der Waals surface area (Å²) >= 11 is 0. The minimum absolute atomic E-state index is 0.0175. The lowest BCUT2D eigenvalue weighted by atomic mass is 9.66. The van der Waals surface area contributed by atoms with E-state index in [-0.39, 0.29) is 63.9 Å². The van der Waals surface area contributed by atoms with E-state index in [9.17, 15) is 0 Å². The van der Waals surface area contributed by atoms with Gasteiger partial charge in [0, 0.05) is 40.3 Å². The average Bonchev–Trinajstić information content (AvgIpc) is 3.98. The maximum absolute atomic E-state index is 7.00. The summed E-state index contributed by atoms with van der Waals surface area (Å²) in [6.45, 7) is 31.7. The number of allylic oxidation sites excluding steroid dienone is 1. The number of ether oxygens (including phenoxy) is 9. The minimum atomic E-state index is -0.132. The summed E-state index contributed by atoms with van der Waals surface area (Å²) in [5.74, 6) is 3.79. The molecule has 6 aliphatic heterocycles. The predicted molar refractivity (Wildman–Crippen MR) is 244 cm³/mol. The van der Waals surface area contributed by atoms with Crippen molar-refractivity contribution in [2.24, 2.45) is 41.4 Å². The zero-order chi connectivity index (χ0) is 45.6. The number of aliphatic hydroxyl groups excluding tert-OH is 1. The second-order valence-electron chi connectivity index (χ2n) is 22.6. The topological polar surface area (TPSA) is 123 Å². The monoisotopic (exact) mass is 875 g/mol. The number of aliphatic hydroxyl groups is 1. The van der Waals surface area contributed by atoms with Gasteiger partial charge in [-0.05, 0) is 134 Å². The van der Waals surface area contributed by atoms with Crippen LogP contribution in [-0.4, -0.2) is 124 Å². The van der Waals surface area contributed by atoms with Crippen molar-refractivity contribution in [2.45, 2.75) is 217 Å². The first-order chi connectivity index (χ1) is 29.3. The molecule has 6 heterocycles. The lowest BCUT2D eigenvalue weighted by Crippen LogP contribution is -2.52. The Balaban J connectivity index is 0.000000152. The molecule has 2 unspecified atom stereocenters. The van der Waals surface area contributed by atoms with E-state index in [2.05, 4.69) is 88.8 Å². The third kappa shape index (κ3) is 10.2. The highest BCUT2D eigenvalue weighted by Gasteiger charge is 2.73. The molecule has 0 aromatic rings. The molecule has 9 rings (SSSR count). The van der Waals surface area contributed by atoms with E-state index in [4.69, 9.17) is 47.7 Å². The van der Waals surface area contributed by atoms with Gasteiger partial charge in [-0.15, -0.1) is 0 Å². The van der Waals surface area contributed by atoms with Crippen LogP contribution in [0.3, 0.4) is 0 Å². The van der Waals surface area contributed by atoms with Gasteiger partial charge in [-0.25, -0.2) is 0 Å². The van der Waals surface area contributed by atoms with Crippen molar-refractivity contribution in [3.05, 3.63) is 23.8 Å². The highest BCUT2D eigenvalue weighted by Crippen LogP contribution is 2.63. The summed E-state index contributed by atoms with van der Waals surface area (Å²) in [6.07, 6.45) is 16.6. The van der Waals surface area contributed by atoms with Crippen LogP contribution >= 0.6 is 0 Å². The quantitative estimate of drug-likeness (QED) is 0.133. The summed E-state index contributed by atoms with van der Waals surface area (Å²) in [4.78, 5) is 0. The molecule has 0 aromatic carbocycles. The fraction of sp³-hybridized carbons (Fsp3) is 0.923. The van der Waals surface area contributed by atoms with Crippen molar-refractivity contribution in [3.8, 4) is 0 Å². The van der Waals surface area contributed by atoms with E-state index < -0.39 is 0 Å². The van der Waals surface area contributed by atoms with Gasteiger partial charge in [0.25, 0.3) is 0 Å². The fourth-order valence-corrected chi connectivity index (χ4v) is 12.8. The molecule has 9 fully saturated rings. The Bertz CT molecular complexity index is 1460. The Hall–Kier alpha value is -0.920. The molecule has 17 atom stereocenters. The average molecular weight is 875 g/mol. The largest absolute Gasteiger partial charge is 0.400 e. The molecule has 3 saturated carbocycles. The van der Waals surface area contributed by atoms with Gasteiger partial charge >= 0.3 is 0 Å². The number of methoxy groups -OCH3 is 3. The molecule has 358 valence electrons. The molecule has 0 radical (unpaired) electrons. The van der Waals surface area contributed by atoms with Crippen molar-refractivity contribution < 1.29 is 47.7 Å². The maximum atomic E-state index is 7.00. The summed E-state index contributed by atoms with van der Waals surface area (Å²) in [5, 5.41) is 7.00. The van der Waals surface area contributed by atoms with Crippen molar-refractivity contribution in [1.82, 2.24) is 0 Å². The number of hydrogen-bond donors (Lipinski definition) is 1. The van der Waals surface area contributed by atoms with Gasteiger partial charge in [0.05, 0.1) is 73.6 Å². The fourth-order valence-electron chi connectivity index (χ4n) is 12.8. The molecule has 0 aromatic heterocycles. The second-order valence-corrected chi connectivity index (χ2v) is 22.6. The SMILES string of the molecule is C=C1CC[C@]2(CO2)[C@@H]([C@@]2(C)O[C@@H]2CC=C(C)C)[C@@H]1OC.CO.CO[C@@H]1C(C)CC[C@]2(CO2)[C@H]1[C@@]1(C)O[C@@H]1CCC(C)C.CO[C@@H]1C(C)CC[C@]2(CO2)[C@H]1[C@@]1(C)O[C@@H]1CCC(C)C. The van der Waals surface area contributed by atoms with Crippen LogP contribution in [0.25, 0.3) is 0 Å². The van der Waals surface area contributed by atoms with E-state index >= 15 is 0 Å². The van der Waals surface area contributed by atoms with E-state index in [0.717, 1.165) is 58.0 Å². The zero-order valence-corrected chi connectivity index (χ0v) is 41.8. The Labute approximate surface area is 377 Å². The van der Waals surface area contributed by atoms with Crippen molar-refractivity contribution in [3.63, 3.8) is 0 Å². The molecular formula is C52H90O10. The minimum Gasteiger partial charge on any atom is -0.400 e. The zero-order valence-electron chi connectivity index (χ0n) is 41.8. The molecule has 0 amide bonds. The van der Waals surface area contributed by atoms with Gasteiger partial charge < -0.3 is 47.7 Å². The third-order valence-corrected chi connectivity index (χ3v) is 17.0.